The summed E-state index contributed by atoms with van der Waals surface area (Å²) in [7, 11) is -3.94. The van der Waals surface area contributed by atoms with E-state index in [2.05, 4.69) is 4.90 Å². The lowest BCUT2D eigenvalue weighted by atomic mass is 9.99. The molecule has 200 valence electrons. The Morgan fingerprint density at radius 2 is 1.78 bits per heavy atom. The van der Waals surface area contributed by atoms with Crippen LogP contribution in [0.2, 0.25) is 0 Å². The van der Waals surface area contributed by atoms with E-state index in [-0.39, 0.29) is 30.1 Å². The second-order valence-corrected chi connectivity index (χ2v) is 11.2. The third-order valence-electron chi connectivity index (χ3n) is 7.01. The van der Waals surface area contributed by atoms with Gasteiger partial charge in [-0.1, -0.05) is 13.0 Å². The molecule has 0 saturated carbocycles. The minimum absolute atomic E-state index is 0.0100. The van der Waals surface area contributed by atoms with Crippen molar-refractivity contribution in [3.05, 3.63) is 53.6 Å². The van der Waals surface area contributed by atoms with Gasteiger partial charge in [0.05, 0.1) is 29.6 Å². The molecule has 2 aliphatic heterocycles. The van der Waals surface area contributed by atoms with Gasteiger partial charge in [0.1, 0.15) is 11.9 Å². The molecule has 2 aromatic rings. The number of aliphatic hydroxyl groups excluding tert-OH is 1. The molecule has 0 unspecified atom stereocenters. The second-order valence-electron chi connectivity index (χ2n) is 9.39. The number of nitrogens with two attached hydrogens (primary N) is 1. The van der Waals surface area contributed by atoms with Crippen molar-refractivity contribution in [2.45, 2.75) is 50.2 Å². The molecule has 4 rings (SSSR count). The van der Waals surface area contributed by atoms with Crippen LogP contribution in [0.25, 0.3) is 0 Å². The van der Waals surface area contributed by atoms with Crippen molar-refractivity contribution < 1.29 is 18.3 Å². The number of piperidine rings is 1. The fourth-order valence-corrected chi connectivity index (χ4v) is 6.31. The highest BCUT2D eigenvalue weighted by Gasteiger charge is 2.27. The number of nitrogens with one attached hydrogen (secondary N) is 2. The van der Waals surface area contributed by atoms with E-state index in [1.807, 2.05) is 13.0 Å². The maximum atomic E-state index is 13.6. The van der Waals surface area contributed by atoms with Gasteiger partial charge in [-0.15, -0.1) is 0 Å². The van der Waals surface area contributed by atoms with Crippen molar-refractivity contribution in [2.24, 2.45) is 5.73 Å². The molecular formula is C26H36N6O4S. The lowest BCUT2D eigenvalue weighted by Gasteiger charge is -2.33. The predicted molar refractivity (Wildman–Crippen MR) is 144 cm³/mol. The molecule has 10 nitrogen and oxygen atoms in total. The summed E-state index contributed by atoms with van der Waals surface area (Å²) >= 11 is 0. The van der Waals surface area contributed by atoms with E-state index in [9.17, 15) is 13.5 Å². The molecule has 2 heterocycles. The zero-order valence-corrected chi connectivity index (χ0v) is 22.0. The fraction of sp³-hybridized carbons (Fsp3) is 0.462. The van der Waals surface area contributed by atoms with Crippen LogP contribution in [0.4, 0.5) is 5.69 Å². The number of benzene rings is 2. The van der Waals surface area contributed by atoms with Gasteiger partial charge in [-0.3, -0.25) is 15.1 Å². The molecular weight excluding hydrogens is 492 g/mol. The van der Waals surface area contributed by atoms with Crippen LogP contribution in [0, 0.1) is 10.8 Å². The number of guanidine groups is 1. The normalized spacial score (nSPS) is 16.3. The van der Waals surface area contributed by atoms with Crippen molar-refractivity contribution >= 4 is 27.5 Å². The van der Waals surface area contributed by atoms with Crippen LogP contribution in [0.15, 0.2) is 47.4 Å². The number of fused-ring (bicyclic) bond motifs is 1. The highest BCUT2D eigenvalue weighted by atomic mass is 32.2. The van der Waals surface area contributed by atoms with E-state index in [1.165, 1.54) is 16.4 Å². The molecule has 0 aromatic heterocycles. The van der Waals surface area contributed by atoms with Crippen LogP contribution >= 0.6 is 0 Å². The molecule has 2 aliphatic rings. The standard InChI is InChI=1S/C26H36N6O4S/c1-2-25(27)30-13-10-23(11-14-30)36-22-5-7-24(8-6-22)37(34,35)32(15-16-33)21-4-3-19-9-12-31(26(28)29)18-20(19)17-21/h3-8,17,23,27,33H,2,9-16,18H2,1H3,(H3,28,29). The number of rotatable bonds is 8. The minimum atomic E-state index is -3.94. The zero-order chi connectivity index (χ0) is 26.6. The first kappa shape index (κ1) is 26.7. The molecule has 11 heteroatoms. The van der Waals surface area contributed by atoms with Gasteiger partial charge in [0.15, 0.2) is 5.96 Å². The Hall–Kier alpha value is -3.31. The number of sulfonamides is 1. The number of likely N-dealkylation sites (tertiary alicyclic amines) is 1. The van der Waals surface area contributed by atoms with Crippen molar-refractivity contribution in [1.29, 1.82) is 10.8 Å². The maximum Gasteiger partial charge on any atom is 0.264 e. The van der Waals surface area contributed by atoms with Crippen molar-refractivity contribution in [1.82, 2.24) is 9.80 Å². The number of ether oxygens (including phenoxy) is 1. The molecule has 1 fully saturated rings. The molecule has 0 radical (unpaired) electrons. The van der Waals surface area contributed by atoms with Crippen molar-refractivity contribution in [3.8, 4) is 5.75 Å². The summed E-state index contributed by atoms with van der Waals surface area (Å²) in [4.78, 5) is 3.93. The highest BCUT2D eigenvalue weighted by molar-refractivity contribution is 7.92. The van der Waals surface area contributed by atoms with Crippen LogP contribution in [0.1, 0.15) is 37.3 Å². The number of nitrogens with zero attached hydrogens (tertiary/aromatic N) is 3. The number of anilines is 1. The SMILES string of the molecule is CCC(=N)N1CCC(Oc2ccc(S(=O)(=O)N(CCO)c3ccc4c(c3)CN(C(=N)N)CC4)cc2)CC1. The van der Waals surface area contributed by atoms with Crippen LogP contribution in [0.5, 0.6) is 5.75 Å². The molecule has 5 N–H and O–H groups in total. The van der Waals surface area contributed by atoms with Gasteiger partial charge in [0, 0.05) is 45.4 Å². The summed E-state index contributed by atoms with van der Waals surface area (Å²) in [5.74, 6) is 1.24. The van der Waals surface area contributed by atoms with E-state index in [1.54, 1.807) is 29.2 Å². The average Bonchev–Trinajstić information content (AvgIpc) is 2.91. The Morgan fingerprint density at radius 1 is 1.08 bits per heavy atom. The predicted octanol–water partition coefficient (Wildman–Crippen LogP) is 2.36. The molecule has 2 aromatic carbocycles. The number of hydrogen-bond acceptors (Lipinski definition) is 6. The Labute approximate surface area is 218 Å². The van der Waals surface area contributed by atoms with Gasteiger partial charge >= 0.3 is 0 Å². The lowest BCUT2D eigenvalue weighted by Crippen LogP contribution is -2.41. The molecule has 0 spiro atoms. The van der Waals surface area contributed by atoms with E-state index >= 15 is 0 Å². The van der Waals surface area contributed by atoms with E-state index < -0.39 is 10.0 Å². The molecule has 1 saturated heterocycles. The maximum absolute atomic E-state index is 13.6. The van der Waals surface area contributed by atoms with Gasteiger partial charge < -0.3 is 25.4 Å². The smallest absolute Gasteiger partial charge is 0.264 e. The van der Waals surface area contributed by atoms with Crippen LogP contribution in [-0.4, -0.2) is 74.0 Å². The largest absolute Gasteiger partial charge is 0.490 e. The van der Waals surface area contributed by atoms with Crippen molar-refractivity contribution in [3.63, 3.8) is 0 Å². The number of amidine groups is 1. The van der Waals surface area contributed by atoms with Gasteiger partial charge in [-0.25, -0.2) is 8.42 Å². The van der Waals surface area contributed by atoms with Crippen molar-refractivity contribution in [2.75, 3.05) is 37.1 Å². The Balaban J connectivity index is 1.48. The average molecular weight is 529 g/mol. The van der Waals surface area contributed by atoms with E-state index in [0.717, 1.165) is 49.9 Å². The summed E-state index contributed by atoms with van der Waals surface area (Å²) in [6.07, 6.45) is 3.10. The van der Waals surface area contributed by atoms with Crippen LogP contribution < -0.4 is 14.8 Å². The molecule has 0 aliphatic carbocycles. The summed E-state index contributed by atoms with van der Waals surface area (Å²) < 4.78 is 34.5. The zero-order valence-electron chi connectivity index (χ0n) is 21.2. The topological polar surface area (TPSA) is 147 Å². The minimum Gasteiger partial charge on any atom is -0.490 e. The first-order valence-electron chi connectivity index (χ1n) is 12.7. The summed E-state index contributed by atoms with van der Waals surface area (Å²) in [6, 6.07) is 11.9. The lowest BCUT2D eigenvalue weighted by molar-refractivity contribution is 0.130. The Bertz CT molecular complexity index is 1230. The van der Waals surface area contributed by atoms with E-state index in [0.29, 0.717) is 30.4 Å². The third kappa shape index (κ3) is 5.99. The van der Waals surface area contributed by atoms with Gasteiger partial charge in [-0.05, 0) is 53.9 Å². The Morgan fingerprint density at radius 3 is 2.41 bits per heavy atom. The van der Waals surface area contributed by atoms with Gasteiger partial charge in [0.25, 0.3) is 10.0 Å². The monoisotopic (exact) mass is 528 g/mol. The molecule has 37 heavy (non-hydrogen) atoms. The summed E-state index contributed by atoms with van der Waals surface area (Å²) in [5, 5.41) is 25.4. The third-order valence-corrected chi connectivity index (χ3v) is 8.85. The van der Waals surface area contributed by atoms with Gasteiger partial charge in [-0.2, -0.15) is 0 Å². The van der Waals surface area contributed by atoms with Gasteiger partial charge in [0.2, 0.25) is 0 Å². The van der Waals surface area contributed by atoms with E-state index in [4.69, 9.17) is 21.3 Å². The number of aliphatic hydroxyl groups is 1. The van der Waals surface area contributed by atoms with Crippen LogP contribution in [0.3, 0.4) is 0 Å². The quantitative estimate of drug-likeness (QED) is 0.304. The summed E-state index contributed by atoms with van der Waals surface area (Å²) in [6.45, 7) is 4.23. The first-order valence-corrected chi connectivity index (χ1v) is 14.1. The highest BCUT2D eigenvalue weighted by Crippen LogP contribution is 2.30. The molecule has 0 amide bonds. The summed E-state index contributed by atoms with van der Waals surface area (Å²) in [5.41, 5.74) is 8.14. The van der Waals surface area contributed by atoms with Crippen LogP contribution in [-0.2, 0) is 23.0 Å². The second kappa shape index (κ2) is 11.4. The number of hydrogen-bond donors (Lipinski definition) is 4. The Kier molecular flexibility index (Phi) is 8.23. The fourth-order valence-electron chi connectivity index (χ4n) is 4.86. The first-order chi connectivity index (χ1) is 17.7. The molecule has 0 atom stereocenters. The molecule has 0 bridgehead atoms.